The summed E-state index contributed by atoms with van der Waals surface area (Å²) in [5.74, 6) is 0.734. The van der Waals surface area contributed by atoms with Crippen LogP contribution in [-0.4, -0.2) is 21.1 Å². The maximum Gasteiger partial charge on any atom is 0.416 e. The molecule has 0 bridgehead atoms. The summed E-state index contributed by atoms with van der Waals surface area (Å²) in [6, 6.07) is 4.31. The molecular weight excluding hydrogens is 295 g/mol. The number of nitrogens with one attached hydrogen (secondary N) is 2. The van der Waals surface area contributed by atoms with Crippen LogP contribution in [0.4, 0.5) is 13.2 Å². The first-order valence-corrected chi connectivity index (χ1v) is 6.98. The van der Waals surface area contributed by atoms with Gasteiger partial charge in [0.2, 0.25) is 0 Å². The monoisotopic (exact) mass is 313 g/mol. The van der Waals surface area contributed by atoms with Crippen LogP contribution in [0.2, 0.25) is 0 Å². The molecular formula is C15H18F3N3O. The zero-order valence-electron chi connectivity index (χ0n) is 12.1. The van der Waals surface area contributed by atoms with Gasteiger partial charge in [-0.3, -0.25) is 0 Å². The highest BCUT2D eigenvalue weighted by Crippen LogP contribution is 2.30. The standard InChI is InChI=1S/C15H18F3N3O/c1-2-12(21-9-13-19-7-8-20-13)14(22)10-3-5-11(6-4-10)15(16,17)18/h3-8,12,14,21-22H,2,9H2,1H3,(H,19,20). The summed E-state index contributed by atoms with van der Waals surface area (Å²) in [5, 5.41) is 13.5. The number of aromatic nitrogens is 2. The van der Waals surface area contributed by atoms with Gasteiger partial charge in [-0.05, 0) is 24.1 Å². The Hall–Kier alpha value is -1.86. The lowest BCUT2D eigenvalue weighted by molar-refractivity contribution is -0.137. The summed E-state index contributed by atoms with van der Waals surface area (Å²) in [4.78, 5) is 7.01. The Balaban J connectivity index is 2.02. The van der Waals surface area contributed by atoms with E-state index in [0.29, 0.717) is 18.5 Å². The summed E-state index contributed by atoms with van der Waals surface area (Å²) in [6.45, 7) is 2.34. The van der Waals surface area contributed by atoms with Gasteiger partial charge >= 0.3 is 6.18 Å². The molecule has 7 heteroatoms. The quantitative estimate of drug-likeness (QED) is 0.768. The Morgan fingerprint density at radius 2 is 1.95 bits per heavy atom. The number of aliphatic hydroxyl groups excluding tert-OH is 1. The fraction of sp³-hybridized carbons (Fsp3) is 0.400. The number of nitrogens with zero attached hydrogens (tertiary/aromatic N) is 1. The Morgan fingerprint density at radius 1 is 1.27 bits per heavy atom. The van der Waals surface area contributed by atoms with E-state index in [9.17, 15) is 18.3 Å². The summed E-state index contributed by atoms with van der Waals surface area (Å²) >= 11 is 0. The highest BCUT2D eigenvalue weighted by molar-refractivity contribution is 5.26. The average molecular weight is 313 g/mol. The highest BCUT2D eigenvalue weighted by Gasteiger charge is 2.30. The van der Waals surface area contributed by atoms with E-state index >= 15 is 0 Å². The lowest BCUT2D eigenvalue weighted by Crippen LogP contribution is -2.34. The van der Waals surface area contributed by atoms with Crippen LogP contribution in [0.25, 0.3) is 0 Å². The van der Waals surface area contributed by atoms with Crippen LogP contribution >= 0.6 is 0 Å². The molecule has 0 saturated heterocycles. The molecule has 0 aliphatic heterocycles. The topological polar surface area (TPSA) is 60.9 Å². The maximum absolute atomic E-state index is 12.5. The minimum absolute atomic E-state index is 0.276. The number of alkyl halides is 3. The van der Waals surface area contributed by atoms with Crippen molar-refractivity contribution in [3.05, 3.63) is 53.6 Å². The number of hydrogen-bond acceptors (Lipinski definition) is 3. The molecule has 0 fully saturated rings. The van der Waals surface area contributed by atoms with Crippen molar-refractivity contribution in [2.24, 2.45) is 0 Å². The van der Waals surface area contributed by atoms with E-state index in [4.69, 9.17) is 0 Å². The van der Waals surface area contributed by atoms with Gasteiger partial charge in [0.1, 0.15) is 5.82 Å². The normalized spacial score (nSPS) is 14.8. The molecule has 3 N–H and O–H groups in total. The van der Waals surface area contributed by atoms with Crippen molar-refractivity contribution < 1.29 is 18.3 Å². The predicted octanol–water partition coefficient (Wildman–Crippen LogP) is 3.03. The molecule has 4 nitrogen and oxygen atoms in total. The molecule has 1 aromatic carbocycles. The predicted molar refractivity (Wildman–Crippen MR) is 75.9 cm³/mol. The summed E-state index contributed by atoms with van der Waals surface area (Å²) in [6.07, 6.45) is -1.30. The van der Waals surface area contributed by atoms with Crippen LogP contribution in [0.1, 0.15) is 36.4 Å². The van der Waals surface area contributed by atoms with Crippen molar-refractivity contribution in [2.75, 3.05) is 0 Å². The van der Waals surface area contributed by atoms with Crippen molar-refractivity contribution in [1.29, 1.82) is 0 Å². The maximum atomic E-state index is 12.5. The van der Waals surface area contributed by atoms with Gasteiger partial charge in [-0.15, -0.1) is 0 Å². The second-order valence-corrected chi connectivity index (χ2v) is 5.00. The van der Waals surface area contributed by atoms with Crippen LogP contribution in [0.5, 0.6) is 0 Å². The molecule has 0 amide bonds. The lowest BCUT2D eigenvalue weighted by atomic mass is 9.99. The highest BCUT2D eigenvalue weighted by atomic mass is 19.4. The largest absolute Gasteiger partial charge is 0.416 e. The second kappa shape index (κ2) is 6.93. The van der Waals surface area contributed by atoms with Gasteiger partial charge in [0.05, 0.1) is 18.2 Å². The van der Waals surface area contributed by atoms with Gasteiger partial charge in [0.25, 0.3) is 0 Å². The first-order valence-electron chi connectivity index (χ1n) is 6.98. The smallest absolute Gasteiger partial charge is 0.387 e. The van der Waals surface area contributed by atoms with Crippen LogP contribution in [-0.2, 0) is 12.7 Å². The molecule has 0 aliphatic carbocycles. The molecule has 120 valence electrons. The molecule has 1 heterocycles. The number of rotatable bonds is 6. The van der Waals surface area contributed by atoms with Crippen molar-refractivity contribution in [1.82, 2.24) is 15.3 Å². The summed E-state index contributed by atoms with van der Waals surface area (Å²) in [7, 11) is 0. The van der Waals surface area contributed by atoms with E-state index in [1.165, 1.54) is 12.1 Å². The molecule has 2 atom stereocenters. The number of aliphatic hydroxyl groups is 1. The lowest BCUT2D eigenvalue weighted by Gasteiger charge is -2.23. The summed E-state index contributed by atoms with van der Waals surface area (Å²) < 4.78 is 37.6. The van der Waals surface area contributed by atoms with Crippen molar-refractivity contribution >= 4 is 0 Å². The van der Waals surface area contributed by atoms with E-state index in [-0.39, 0.29) is 6.04 Å². The van der Waals surface area contributed by atoms with Gasteiger partial charge < -0.3 is 15.4 Å². The molecule has 0 aliphatic rings. The van der Waals surface area contributed by atoms with Crippen LogP contribution in [0.15, 0.2) is 36.7 Å². The fourth-order valence-corrected chi connectivity index (χ4v) is 2.20. The second-order valence-electron chi connectivity index (χ2n) is 5.00. The Morgan fingerprint density at radius 3 is 2.45 bits per heavy atom. The minimum Gasteiger partial charge on any atom is -0.387 e. The Labute approximate surface area is 126 Å². The summed E-state index contributed by atoms with van der Waals surface area (Å²) in [5.41, 5.74) is -0.271. The van der Waals surface area contributed by atoms with Crippen molar-refractivity contribution in [3.63, 3.8) is 0 Å². The number of imidazole rings is 1. The van der Waals surface area contributed by atoms with Gasteiger partial charge in [0, 0.05) is 18.4 Å². The number of H-pyrrole nitrogens is 1. The van der Waals surface area contributed by atoms with Crippen LogP contribution < -0.4 is 5.32 Å². The third kappa shape index (κ3) is 4.08. The van der Waals surface area contributed by atoms with E-state index in [0.717, 1.165) is 18.0 Å². The number of halogens is 3. The fourth-order valence-electron chi connectivity index (χ4n) is 2.20. The van der Waals surface area contributed by atoms with Crippen molar-refractivity contribution in [3.8, 4) is 0 Å². The zero-order valence-corrected chi connectivity index (χ0v) is 12.1. The molecule has 2 unspecified atom stereocenters. The Bertz CT molecular complexity index is 567. The first kappa shape index (κ1) is 16.5. The number of benzene rings is 1. The van der Waals surface area contributed by atoms with E-state index in [1.54, 1.807) is 12.4 Å². The molecule has 0 radical (unpaired) electrons. The molecule has 1 aromatic heterocycles. The SMILES string of the molecule is CCC(NCc1ncc[nH]1)C(O)c1ccc(C(F)(F)F)cc1. The molecule has 2 aromatic rings. The molecule has 0 saturated carbocycles. The van der Waals surface area contributed by atoms with E-state index < -0.39 is 17.8 Å². The average Bonchev–Trinajstić information content (AvgIpc) is 3.00. The first-order chi connectivity index (χ1) is 10.4. The van der Waals surface area contributed by atoms with Crippen LogP contribution in [0.3, 0.4) is 0 Å². The van der Waals surface area contributed by atoms with Crippen molar-refractivity contribution in [2.45, 2.75) is 38.2 Å². The van der Waals surface area contributed by atoms with Crippen LogP contribution in [0, 0.1) is 0 Å². The van der Waals surface area contributed by atoms with E-state index in [2.05, 4.69) is 15.3 Å². The zero-order chi connectivity index (χ0) is 16.2. The van der Waals surface area contributed by atoms with Gasteiger partial charge in [-0.1, -0.05) is 19.1 Å². The van der Waals surface area contributed by atoms with Gasteiger partial charge in [0.15, 0.2) is 0 Å². The van der Waals surface area contributed by atoms with Gasteiger partial charge in [-0.25, -0.2) is 4.98 Å². The molecule has 22 heavy (non-hydrogen) atoms. The minimum atomic E-state index is -4.37. The van der Waals surface area contributed by atoms with E-state index in [1.807, 2.05) is 6.92 Å². The number of hydrogen-bond donors (Lipinski definition) is 3. The third-order valence-electron chi connectivity index (χ3n) is 3.49. The molecule has 0 spiro atoms. The third-order valence-corrected chi connectivity index (χ3v) is 3.49. The molecule has 2 rings (SSSR count). The number of aromatic amines is 1. The Kier molecular flexibility index (Phi) is 5.20. The van der Waals surface area contributed by atoms with Gasteiger partial charge in [-0.2, -0.15) is 13.2 Å².